The summed E-state index contributed by atoms with van der Waals surface area (Å²) >= 11 is 0. The molecule has 2 aromatic heterocycles. The number of pyridine rings is 2. The van der Waals surface area contributed by atoms with Gasteiger partial charge in [-0.1, -0.05) is 0 Å². The van der Waals surface area contributed by atoms with Crippen LogP contribution < -0.4 is 10.1 Å². The van der Waals surface area contributed by atoms with Gasteiger partial charge in [0.1, 0.15) is 11.6 Å². The van der Waals surface area contributed by atoms with Crippen molar-refractivity contribution in [3.63, 3.8) is 0 Å². The molecule has 0 amide bonds. The van der Waals surface area contributed by atoms with Crippen LogP contribution in [0.15, 0.2) is 36.7 Å². The van der Waals surface area contributed by atoms with Gasteiger partial charge >= 0.3 is 6.61 Å². The summed E-state index contributed by atoms with van der Waals surface area (Å²) < 4.78 is 28.2. The van der Waals surface area contributed by atoms with Gasteiger partial charge in [-0.2, -0.15) is 8.78 Å². The molecule has 2 heterocycles. The van der Waals surface area contributed by atoms with Crippen LogP contribution in [-0.4, -0.2) is 22.4 Å². The number of Topliss-reactive ketones (excluding diaryl/α,β-unsaturated/α-hetero) is 1. The summed E-state index contributed by atoms with van der Waals surface area (Å²) in [6.45, 7) is -1.02. The quantitative estimate of drug-likeness (QED) is 0.830. The highest BCUT2D eigenvalue weighted by atomic mass is 19.3. The number of rotatable bonds is 6. The molecule has 0 fully saturated rings. The van der Waals surface area contributed by atoms with Crippen molar-refractivity contribution in [3.05, 3.63) is 47.9 Å². The molecule has 21 heavy (non-hydrogen) atoms. The highest BCUT2D eigenvalue weighted by Gasteiger charge is 2.05. The Morgan fingerprint density at radius 3 is 2.57 bits per heavy atom. The first-order valence-corrected chi connectivity index (χ1v) is 6.15. The molecule has 0 saturated heterocycles. The van der Waals surface area contributed by atoms with E-state index >= 15 is 0 Å². The molecular formula is C14H13F2N3O2. The predicted molar refractivity (Wildman–Crippen MR) is 72.4 cm³/mol. The number of ketones is 1. The van der Waals surface area contributed by atoms with E-state index in [0.717, 1.165) is 0 Å². The lowest BCUT2D eigenvalue weighted by molar-refractivity contribution is -0.0500. The largest absolute Gasteiger partial charge is 0.433 e. The Balaban J connectivity index is 1.91. The van der Waals surface area contributed by atoms with Gasteiger partial charge in [-0.05, 0) is 31.2 Å². The minimum Gasteiger partial charge on any atom is -0.433 e. The Morgan fingerprint density at radius 2 is 2.05 bits per heavy atom. The van der Waals surface area contributed by atoms with Gasteiger partial charge in [0.05, 0.1) is 18.4 Å². The van der Waals surface area contributed by atoms with Crippen LogP contribution in [0.1, 0.15) is 23.0 Å². The summed E-state index contributed by atoms with van der Waals surface area (Å²) in [6, 6.07) is 6.35. The fourth-order valence-corrected chi connectivity index (χ4v) is 1.58. The fraction of sp³-hybridized carbons (Fsp3) is 0.214. The molecule has 0 unspecified atom stereocenters. The van der Waals surface area contributed by atoms with E-state index in [9.17, 15) is 13.6 Å². The molecule has 0 aliphatic heterocycles. The standard InChI is InChI=1S/C14H13F2N3O2/c1-9(20)10-2-5-13(18-6-10)19-7-11-3-4-12(8-17-11)21-14(15)16/h2-6,8,14H,7H2,1H3,(H,18,19). The van der Waals surface area contributed by atoms with Crippen molar-refractivity contribution in [1.82, 2.24) is 9.97 Å². The van der Waals surface area contributed by atoms with Gasteiger partial charge in [-0.25, -0.2) is 4.98 Å². The summed E-state index contributed by atoms with van der Waals surface area (Å²) in [6.07, 6.45) is 2.72. The van der Waals surface area contributed by atoms with Crippen LogP contribution in [0.5, 0.6) is 5.75 Å². The lowest BCUT2D eigenvalue weighted by Gasteiger charge is -2.07. The minimum atomic E-state index is -2.86. The maximum atomic E-state index is 12.0. The number of nitrogens with zero attached hydrogens (tertiary/aromatic N) is 2. The molecule has 0 aliphatic rings. The first-order valence-electron chi connectivity index (χ1n) is 6.15. The first-order chi connectivity index (χ1) is 10.0. The zero-order valence-corrected chi connectivity index (χ0v) is 11.2. The maximum absolute atomic E-state index is 12.0. The van der Waals surface area contributed by atoms with Crippen LogP contribution in [-0.2, 0) is 6.54 Å². The Bertz CT molecular complexity index is 601. The van der Waals surface area contributed by atoms with E-state index in [1.165, 1.54) is 25.4 Å². The molecule has 5 nitrogen and oxygen atoms in total. The molecule has 2 rings (SSSR count). The van der Waals surface area contributed by atoms with Crippen molar-refractivity contribution in [2.24, 2.45) is 0 Å². The van der Waals surface area contributed by atoms with Gasteiger partial charge in [0.2, 0.25) is 0 Å². The van der Waals surface area contributed by atoms with Crippen LogP contribution in [0.3, 0.4) is 0 Å². The van der Waals surface area contributed by atoms with E-state index in [1.54, 1.807) is 18.2 Å². The van der Waals surface area contributed by atoms with E-state index in [1.807, 2.05) is 0 Å². The second-order valence-corrected chi connectivity index (χ2v) is 4.21. The number of hydrogen-bond acceptors (Lipinski definition) is 5. The summed E-state index contributed by atoms with van der Waals surface area (Å²) in [4.78, 5) is 19.2. The molecule has 0 atom stereocenters. The second-order valence-electron chi connectivity index (χ2n) is 4.21. The second kappa shape index (κ2) is 6.74. The molecule has 0 saturated carbocycles. The average Bonchev–Trinajstić information content (AvgIpc) is 2.46. The molecule has 110 valence electrons. The molecule has 0 bridgehead atoms. The van der Waals surface area contributed by atoms with Crippen molar-refractivity contribution < 1.29 is 18.3 Å². The number of alkyl halides is 2. The average molecular weight is 293 g/mol. The highest BCUT2D eigenvalue weighted by Crippen LogP contribution is 2.13. The molecule has 0 aliphatic carbocycles. The number of halogens is 2. The fourth-order valence-electron chi connectivity index (χ4n) is 1.58. The Labute approximate surface area is 120 Å². The molecule has 0 spiro atoms. The summed E-state index contributed by atoms with van der Waals surface area (Å²) in [5, 5.41) is 3.01. The lowest BCUT2D eigenvalue weighted by atomic mass is 10.2. The topological polar surface area (TPSA) is 64.1 Å². The van der Waals surface area contributed by atoms with Crippen LogP contribution in [0.4, 0.5) is 14.6 Å². The lowest BCUT2D eigenvalue weighted by Crippen LogP contribution is -2.05. The van der Waals surface area contributed by atoms with Crippen LogP contribution in [0.2, 0.25) is 0 Å². The Hall–Kier alpha value is -2.57. The number of hydrogen-bond donors (Lipinski definition) is 1. The first kappa shape index (κ1) is 14.8. The third-order valence-corrected chi connectivity index (χ3v) is 2.64. The monoisotopic (exact) mass is 293 g/mol. The van der Waals surface area contributed by atoms with E-state index in [0.29, 0.717) is 23.6 Å². The summed E-state index contributed by atoms with van der Waals surface area (Å²) in [7, 11) is 0. The number of anilines is 1. The summed E-state index contributed by atoms with van der Waals surface area (Å²) in [5.41, 5.74) is 1.18. The van der Waals surface area contributed by atoms with Gasteiger partial charge in [0.15, 0.2) is 5.78 Å². The predicted octanol–water partition coefficient (Wildman–Crippen LogP) is 2.89. The Kier molecular flexibility index (Phi) is 4.76. The maximum Gasteiger partial charge on any atom is 0.387 e. The van der Waals surface area contributed by atoms with Gasteiger partial charge in [0.25, 0.3) is 0 Å². The van der Waals surface area contributed by atoms with Gasteiger partial charge in [-0.3, -0.25) is 9.78 Å². The van der Waals surface area contributed by atoms with E-state index in [2.05, 4.69) is 20.0 Å². The van der Waals surface area contributed by atoms with Crippen molar-refractivity contribution in [1.29, 1.82) is 0 Å². The van der Waals surface area contributed by atoms with Crippen molar-refractivity contribution in [2.45, 2.75) is 20.1 Å². The SMILES string of the molecule is CC(=O)c1ccc(NCc2ccc(OC(F)F)cn2)nc1. The molecular weight excluding hydrogens is 280 g/mol. The number of nitrogens with one attached hydrogen (secondary N) is 1. The molecule has 0 aromatic carbocycles. The number of carbonyl (C=O) groups is 1. The molecule has 0 radical (unpaired) electrons. The van der Waals surface area contributed by atoms with Crippen molar-refractivity contribution in [2.75, 3.05) is 5.32 Å². The van der Waals surface area contributed by atoms with Gasteiger partial charge in [-0.15, -0.1) is 0 Å². The zero-order valence-electron chi connectivity index (χ0n) is 11.2. The minimum absolute atomic E-state index is 0.0117. The van der Waals surface area contributed by atoms with Crippen molar-refractivity contribution in [3.8, 4) is 5.75 Å². The normalized spacial score (nSPS) is 10.5. The van der Waals surface area contributed by atoms with Crippen LogP contribution in [0, 0.1) is 0 Å². The number of aromatic nitrogens is 2. The highest BCUT2D eigenvalue weighted by molar-refractivity contribution is 5.93. The third kappa shape index (κ3) is 4.48. The zero-order chi connectivity index (χ0) is 15.2. The Morgan fingerprint density at radius 1 is 1.24 bits per heavy atom. The van der Waals surface area contributed by atoms with E-state index in [-0.39, 0.29) is 11.5 Å². The van der Waals surface area contributed by atoms with E-state index < -0.39 is 6.61 Å². The van der Waals surface area contributed by atoms with Gasteiger partial charge in [0, 0.05) is 11.8 Å². The molecule has 2 aromatic rings. The number of ether oxygens (including phenoxy) is 1. The van der Waals surface area contributed by atoms with Crippen molar-refractivity contribution >= 4 is 11.6 Å². The van der Waals surface area contributed by atoms with E-state index in [4.69, 9.17) is 0 Å². The molecule has 1 N–H and O–H groups in total. The molecule has 7 heteroatoms. The number of carbonyl (C=O) groups excluding carboxylic acids is 1. The summed E-state index contributed by atoms with van der Waals surface area (Å²) in [5.74, 6) is 0.553. The third-order valence-electron chi connectivity index (χ3n) is 2.64. The van der Waals surface area contributed by atoms with Crippen LogP contribution >= 0.6 is 0 Å². The van der Waals surface area contributed by atoms with Crippen LogP contribution in [0.25, 0.3) is 0 Å². The smallest absolute Gasteiger partial charge is 0.387 e. The van der Waals surface area contributed by atoms with Gasteiger partial charge < -0.3 is 10.1 Å².